The molecule has 0 aliphatic carbocycles. The molecule has 112 valence electrons. The molecule has 2 rings (SSSR count). The van der Waals surface area contributed by atoms with Crippen LogP contribution < -0.4 is 10.1 Å². The van der Waals surface area contributed by atoms with Crippen LogP contribution in [0.3, 0.4) is 0 Å². The van der Waals surface area contributed by atoms with Crippen LogP contribution in [0.2, 0.25) is 0 Å². The Morgan fingerprint density at radius 1 is 1.14 bits per heavy atom. The van der Waals surface area contributed by atoms with E-state index in [1.54, 1.807) is 43.1 Å². The molecule has 0 saturated carbocycles. The van der Waals surface area contributed by atoms with Crippen LogP contribution in [0.1, 0.15) is 11.6 Å². The van der Waals surface area contributed by atoms with Gasteiger partial charge in [0, 0.05) is 28.3 Å². The lowest BCUT2D eigenvalue weighted by atomic mass is 10.1. The van der Waals surface area contributed by atoms with Crippen LogP contribution in [-0.4, -0.2) is 19.9 Å². The summed E-state index contributed by atoms with van der Waals surface area (Å²) in [4.78, 5) is 0.950. The van der Waals surface area contributed by atoms with Crippen LogP contribution in [-0.2, 0) is 0 Å². The highest BCUT2D eigenvalue weighted by Crippen LogP contribution is 2.27. The Labute approximate surface area is 127 Å². The summed E-state index contributed by atoms with van der Waals surface area (Å²) in [5.41, 5.74) is 0.591. The molecule has 0 fully saturated rings. The molecule has 2 aromatic carbocycles. The number of methoxy groups -OCH3 is 1. The van der Waals surface area contributed by atoms with E-state index < -0.39 is 0 Å². The summed E-state index contributed by atoms with van der Waals surface area (Å²) >= 11 is 1.55. The molecular formula is C16H17F2NOS. The number of rotatable bonds is 6. The van der Waals surface area contributed by atoms with Gasteiger partial charge in [-0.3, -0.25) is 0 Å². The van der Waals surface area contributed by atoms with E-state index in [-0.39, 0.29) is 17.7 Å². The minimum Gasteiger partial charge on any atom is -0.497 e. The summed E-state index contributed by atoms with van der Waals surface area (Å²) in [7, 11) is 3.30. The third-order valence-electron chi connectivity index (χ3n) is 3.16. The first-order valence-corrected chi connectivity index (χ1v) is 7.51. The molecule has 0 amide bonds. The van der Waals surface area contributed by atoms with Gasteiger partial charge in [0.05, 0.1) is 7.11 Å². The molecule has 0 saturated heterocycles. The van der Waals surface area contributed by atoms with Gasteiger partial charge in [-0.1, -0.05) is 6.07 Å². The molecule has 0 aliphatic rings. The van der Waals surface area contributed by atoms with Gasteiger partial charge in [-0.25, -0.2) is 8.78 Å². The molecule has 0 bridgehead atoms. The lowest BCUT2D eigenvalue weighted by molar-refractivity contribution is 0.410. The van der Waals surface area contributed by atoms with Crippen LogP contribution >= 0.6 is 11.8 Å². The van der Waals surface area contributed by atoms with Crippen LogP contribution in [0.15, 0.2) is 47.4 Å². The number of ether oxygens (including phenoxy) is 1. The molecule has 1 unspecified atom stereocenters. The standard InChI is InChI=1S/C16H17F2NOS/c1-19-16(10-21-13-6-3-11(17)4-7-13)14-8-5-12(20-2)9-15(14)18/h3-9,16,19H,10H2,1-2H3. The van der Waals surface area contributed by atoms with Gasteiger partial charge in [0.25, 0.3) is 0 Å². The highest BCUT2D eigenvalue weighted by molar-refractivity contribution is 7.99. The van der Waals surface area contributed by atoms with Gasteiger partial charge in [-0.15, -0.1) is 11.8 Å². The lowest BCUT2D eigenvalue weighted by Gasteiger charge is -2.17. The average Bonchev–Trinajstić information content (AvgIpc) is 2.50. The van der Waals surface area contributed by atoms with Crippen molar-refractivity contribution in [3.8, 4) is 5.75 Å². The summed E-state index contributed by atoms with van der Waals surface area (Å²) in [6.07, 6.45) is 0. The molecule has 0 aromatic heterocycles. The van der Waals surface area contributed by atoms with E-state index in [2.05, 4.69) is 5.32 Å². The monoisotopic (exact) mass is 309 g/mol. The van der Waals surface area contributed by atoms with Crippen molar-refractivity contribution < 1.29 is 13.5 Å². The van der Waals surface area contributed by atoms with Gasteiger partial charge in [-0.2, -0.15) is 0 Å². The van der Waals surface area contributed by atoms with E-state index in [0.717, 1.165) is 4.90 Å². The second-order valence-corrected chi connectivity index (χ2v) is 5.59. The van der Waals surface area contributed by atoms with Gasteiger partial charge >= 0.3 is 0 Å². The van der Waals surface area contributed by atoms with Gasteiger partial charge in [0.15, 0.2) is 0 Å². The van der Waals surface area contributed by atoms with Gasteiger partial charge in [0.1, 0.15) is 17.4 Å². The van der Waals surface area contributed by atoms with Crippen molar-refractivity contribution in [3.63, 3.8) is 0 Å². The zero-order valence-electron chi connectivity index (χ0n) is 11.9. The van der Waals surface area contributed by atoms with E-state index >= 15 is 0 Å². The van der Waals surface area contributed by atoms with Crippen molar-refractivity contribution in [2.24, 2.45) is 0 Å². The Bertz CT molecular complexity index is 589. The van der Waals surface area contributed by atoms with Crippen molar-refractivity contribution in [2.45, 2.75) is 10.9 Å². The molecule has 5 heteroatoms. The smallest absolute Gasteiger partial charge is 0.131 e. The molecule has 21 heavy (non-hydrogen) atoms. The molecule has 0 spiro atoms. The fourth-order valence-corrected chi connectivity index (χ4v) is 2.99. The van der Waals surface area contributed by atoms with Gasteiger partial charge in [-0.05, 0) is 37.4 Å². The topological polar surface area (TPSA) is 21.3 Å². The lowest BCUT2D eigenvalue weighted by Crippen LogP contribution is -2.20. The van der Waals surface area contributed by atoms with Crippen LogP contribution in [0.25, 0.3) is 0 Å². The van der Waals surface area contributed by atoms with E-state index in [9.17, 15) is 8.78 Å². The summed E-state index contributed by atoms with van der Waals surface area (Å²) < 4.78 is 31.9. The molecule has 2 aromatic rings. The van der Waals surface area contributed by atoms with Gasteiger partial charge in [0.2, 0.25) is 0 Å². The summed E-state index contributed by atoms with van der Waals surface area (Å²) in [6.45, 7) is 0. The third-order valence-corrected chi connectivity index (χ3v) is 4.27. The largest absolute Gasteiger partial charge is 0.497 e. The van der Waals surface area contributed by atoms with Crippen molar-refractivity contribution in [3.05, 3.63) is 59.7 Å². The molecule has 2 nitrogen and oxygen atoms in total. The second-order valence-electron chi connectivity index (χ2n) is 4.49. The van der Waals surface area contributed by atoms with Crippen LogP contribution in [0.4, 0.5) is 8.78 Å². The minimum absolute atomic E-state index is 0.133. The number of benzene rings is 2. The Morgan fingerprint density at radius 3 is 2.43 bits per heavy atom. The van der Waals surface area contributed by atoms with E-state index in [1.807, 2.05) is 0 Å². The summed E-state index contributed by atoms with van der Waals surface area (Å²) in [5, 5.41) is 3.10. The zero-order chi connectivity index (χ0) is 15.2. The maximum atomic E-state index is 14.1. The fourth-order valence-electron chi connectivity index (χ4n) is 1.96. The van der Waals surface area contributed by atoms with Crippen LogP contribution in [0.5, 0.6) is 5.75 Å². The zero-order valence-corrected chi connectivity index (χ0v) is 12.7. The first kappa shape index (κ1) is 15.8. The summed E-state index contributed by atoms with van der Waals surface area (Å²) in [5.74, 6) is 0.585. The molecule has 0 radical (unpaired) electrons. The van der Waals surface area contributed by atoms with E-state index in [0.29, 0.717) is 17.1 Å². The quantitative estimate of drug-likeness (QED) is 0.814. The number of hydrogen-bond acceptors (Lipinski definition) is 3. The van der Waals surface area contributed by atoms with Crippen molar-refractivity contribution in [1.82, 2.24) is 5.32 Å². The average molecular weight is 309 g/mol. The maximum absolute atomic E-state index is 14.1. The maximum Gasteiger partial charge on any atom is 0.131 e. The number of halogens is 2. The second kappa shape index (κ2) is 7.43. The highest BCUT2D eigenvalue weighted by atomic mass is 32.2. The Balaban J connectivity index is 2.07. The molecule has 0 heterocycles. The highest BCUT2D eigenvalue weighted by Gasteiger charge is 2.15. The predicted octanol–water partition coefficient (Wildman–Crippen LogP) is 4.03. The minimum atomic E-state index is -0.298. The van der Waals surface area contributed by atoms with Crippen LogP contribution in [0, 0.1) is 11.6 Å². The number of nitrogens with one attached hydrogen (secondary N) is 1. The third kappa shape index (κ3) is 4.19. The summed E-state index contributed by atoms with van der Waals surface area (Å²) in [6, 6.07) is 11.0. The first-order chi connectivity index (χ1) is 10.1. The number of hydrogen-bond donors (Lipinski definition) is 1. The molecule has 1 atom stereocenters. The van der Waals surface area contributed by atoms with Crippen molar-refractivity contribution in [1.29, 1.82) is 0 Å². The molecular weight excluding hydrogens is 292 g/mol. The van der Waals surface area contributed by atoms with Gasteiger partial charge < -0.3 is 10.1 Å². The fraction of sp³-hybridized carbons (Fsp3) is 0.250. The Hall–Kier alpha value is -1.59. The molecule has 0 aliphatic heterocycles. The Morgan fingerprint density at radius 2 is 1.86 bits per heavy atom. The van der Waals surface area contributed by atoms with Crippen molar-refractivity contribution >= 4 is 11.8 Å². The Kier molecular flexibility index (Phi) is 5.59. The SMILES string of the molecule is CNC(CSc1ccc(F)cc1)c1ccc(OC)cc1F. The van der Waals surface area contributed by atoms with E-state index in [1.165, 1.54) is 25.3 Å². The van der Waals surface area contributed by atoms with Crippen molar-refractivity contribution in [2.75, 3.05) is 19.9 Å². The van der Waals surface area contributed by atoms with E-state index in [4.69, 9.17) is 4.74 Å². The normalized spacial score (nSPS) is 12.2. The first-order valence-electron chi connectivity index (χ1n) is 6.53. The molecule has 1 N–H and O–H groups in total. The predicted molar refractivity (Wildman–Crippen MR) is 81.9 cm³/mol. The number of thioether (sulfide) groups is 1.